The number of methoxy groups -OCH3 is 1. The first-order chi connectivity index (χ1) is 12.3. The Labute approximate surface area is 147 Å². The molecule has 3 rings (SSSR count). The van der Waals surface area contributed by atoms with Crippen molar-refractivity contribution >= 4 is 11.6 Å². The van der Waals surface area contributed by atoms with Crippen LogP contribution >= 0.6 is 0 Å². The molecule has 0 fully saturated rings. The van der Waals surface area contributed by atoms with Gasteiger partial charge in [-0.05, 0) is 43.5 Å². The number of allylic oxidation sites excluding steroid dienone is 1. The molecule has 1 aliphatic heterocycles. The highest BCUT2D eigenvalue weighted by atomic mass is 16.5. The molecular weight excluding hydrogens is 316 g/mol. The van der Waals surface area contributed by atoms with Crippen LogP contribution in [0.25, 0.3) is 11.6 Å². The Hall–Kier alpha value is -2.81. The van der Waals surface area contributed by atoms with Crippen LogP contribution in [-0.2, 0) is 13.0 Å². The molecule has 2 aromatic rings. The summed E-state index contributed by atoms with van der Waals surface area (Å²) in [6.45, 7) is 3.36. The summed E-state index contributed by atoms with van der Waals surface area (Å²) in [7, 11) is 1.61. The van der Waals surface area contributed by atoms with Gasteiger partial charge in [0.05, 0.1) is 19.3 Å². The van der Waals surface area contributed by atoms with Crippen molar-refractivity contribution in [3.8, 4) is 17.6 Å². The van der Waals surface area contributed by atoms with Crippen LogP contribution in [0, 0.1) is 11.3 Å². The van der Waals surface area contributed by atoms with Gasteiger partial charge in [-0.15, -0.1) is 10.2 Å². The van der Waals surface area contributed by atoms with Gasteiger partial charge in [0.1, 0.15) is 11.9 Å². The summed E-state index contributed by atoms with van der Waals surface area (Å²) in [5.41, 5.74) is 1.37. The average Bonchev–Trinajstić information content (AvgIpc) is 2.88. The Kier molecular flexibility index (Phi) is 5.34. The van der Waals surface area contributed by atoms with Crippen molar-refractivity contribution in [1.82, 2.24) is 14.8 Å². The van der Waals surface area contributed by atoms with E-state index in [-0.39, 0.29) is 0 Å². The summed E-state index contributed by atoms with van der Waals surface area (Å²) in [5.74, 6) is 2.95. The van der Waals surface area contributed by atoms with Gasteiger partial charge in [-0.3, -0.25) is 0 Å². The first-order valence-electron chi connectivity index (χ1n) is 8.62. The van der Waals surface area contributed by atoms with Crippen molar-refractivity contribution in [2.45, 2.75) is 39.2 Å². The van der Waals surface area contributed by atoms with Gasteiger partial charge in [-0.2, -0.15) is 5.26 Å². The molecule has 0 unspecified atom stereocenters. The van der Waals surface area contributed by atoms with E-state index in [1.807, 2.05) is 31.2 Å². The summed E-state index contributed by atoms with van der Waals surface area (Å²) in [4.78, 5) is 0. The lowest BCUT2D eigenvalue weighted by molar-refractivity contribution is 0.311. The number of nitrogens with zero attached hydrogens (tertiary/aromatic N) is 4. The Morgan fingerprint density at radius 3 is 2.92 bits per heavy atom. The van der Waals surface area contributed by atoms with Crippen LogP contribution in [0.1, 0.15) is 43.4 Å². The molecule has 0 N–H and O–H groups in total. The van der Waals surface area contributed by atoms with E-state index in [1.54, 1.807) is 7.11 Å². The summed E-state index contributed by atoms with van der Waals surface area (Å²) in [5, 5.41) is 18.2. The fraction of sp³-hybridized carbons (Fsp3) is 0.421. The number of hydrogen-bond acceptors (Lipinski definition) is 5. The monoisotopic (exact) mass is 338 g/mol. The van der Waals surface area contributed by atoms with Crippen LogP contribution in [0.5, 0.6) is 11.5 Å². The minimum absolute atomic E-state index is 0.506. The quantitative estimate of drug-likeness (QED) is 0.781. The Balaban J connectivity index is 1.96. The SMILES string of the molecule is CCOc1ccc(C=C(C#N)c2nnc3n2CCCCC3)cc1OC. The van der Waals surface area contributed by atoms with Gasteiger partial charge in [0.25, 0.3) is 0 Å². The lowest BCUT2D eigenvalue weighted by Crippen LogP contribution is -2.05. The Bertz CT molecular complexity index is 817. The minimum Gasteiger partial charge on any atom is -0.493 e. The molecule has 25 heavy (non-hydrogen) atoms. The Morgan fingerprint density at radius 1 is 1.28 bits per heavy atom. The van der Waals surface area contributed by atoms with Crippen LogP contribution in [0.4, 0.5) is 0 Å². The number of fused-ring (bicyclic) bond motifs is 1. The second-order valence-electron chi connectivity index (χ2n) is 5.92. The third kappa shape index (κ3) is 3.66. The van der Waals surface area contributed by atoms with Crippen LogP contribution in [0.2, 0.25) is 0 Å². The summed E-state index contributed by atoms with van der Waals surface area (Å²) in [6.07, 6.45) is 6.14. The van der Waals surface area contributed by atoms with Gasteiger partial charge >= 0.3 is 0 Å². The van der Waals surface area contributed by atoms with Gasteiger partial charge in [0.2, 0.25) is 0 Å². The molecule has 0 aliphatic carbocycles. The normalized spacial score (nSPS) is 14.4. The molecule has 0 radical (unpaired) electrons. The molecule has 0 bridgehead atoms. The highest BCUT2D eigenvalue weighted by Gasteiger charge is 2.17. The topological polar surface area (TPSA) is 73.0 Å². The number of ether oxygens (including phenoxy) is 2. The second kappa shape index (κ2) is 7.84. The van der Waals surface area contributed by atoms with E-state index in [9.17, 15) is 5.26 Å². The van der Waals surface area contributed by atoms with Gasteiger partial charge in [0, 0.05) is 13.0 Å². The fourth-order valence-electron chi connectivity index (χ4n) is 3.05. The van der Waals surface area contributed by atoms with Gasteiger partial charge in [-0.1, -0.05) is 12.5 Å². The molecule has 0 saturated carbocycles. The lowest BCUT2D eigenvalue weighted by Gasteiger charge is -2.10. The standard InChI is InChI=1S/C19H22N4O2/c1-3-25-16-9-8-14(12-17(16)24-2)11-15(13-20)19-22-21-18-7-5-4-6-10-23(18)19/h8-9,11-12H,3-7,10H2,1-2H3. The zero-order chi connectivity index (χ0) is 17.6. The molecule has 6 heteroatoms. The molecule has 6 nitrogen and oxygen atoms in total. The lowest BCUT2D eigenvalue weighted by atomic mass is 10.1. The highest BCUT2D eigenvalue weighted by Crippen LogP contribution is 2.30. The van der Waals surface area contributed by atoms with E-state index < -0.39 is 0 Å². The Morgan fingerprint density at radius 2 is 2.16 bits per heavy atom. The molecular formula is C19H22N4O2. The molecule has 1 aliphatic rings. The number of benzene rings is 1. The maximum absolute atomic E-state index is 9.64. The fourth-order valence-corrected chi connectivity index (χ4v) is 3.05. The van der Waals surface area contributed by atoms with Crippen LogP contribution in [0.15, 0.2) is 18.2 Å². The van der Waals surface area contributed by atoms with Crippen LogP contribution in [-0.4, -0.2) is 28.5 Å². The van der Waals surface area contributed by atoms with Crippen molar-refractivity contribution in [3.63, 3.8) is 0 Å². The zero-order valence-corrected chi connectivity index (χ0v) is 14.7. The average molecular weight is 338 g/mol. The first-order valence-corrected chi connectivity index (χ1v) is 8.62. The third-order valence-electron chi connectivity index (χ3n) is 4.27. The van der Waals surface area contributed by atoms with E-state index in [0.29, 0.717) is 29.5 Å². The summed E-state index contributed by atoms with van der Waals surface area (Å²) >= 11 is 0. The maximum atomic E-state index is 9.64. The highest BCUT2D eigenvalue weighted by molar-refractivity contribution is 5.87. The molecule has 0 amide bonds. The van der Waals surface area contributed by atoms with Gasteiger partial charge in [-0.25, -0.2) is 0 Å². The third-order valence-corrected chi connectivity index (χ3v) is 4.27. The zero-order valence-electron chi connectivity index (χ0n) is 14.7. The predicted octanol–water partition coefficient (Wildman–Crippen LogP) is 3.48. The van der Waals surface area contributed by atoms with E-state index in [1.165, 1.54) is 6.42 Å². The van der Waals surface area contributed by atoms with Crippen molar-refractivity contribution < 1.29 is 9.47 Å². The van der Waals surface area contributed by atoms with Crippen molar-refractivity contribution in [2.75, 3.05) is 13.7 Å². The predicted molar refractivity (Wildman–Crippen MR) is 95.2 cm³/mol. The summed E-state index contributed by atoms with van der Waals surface area (Å²) < 4.78 is 13.0. The number of hydrogen-bond donors (Lipinski definition) is 0. The molecule has 1 aromatic heterocycles. The van der Waals surface area contributed by atoms with E-state index in [4.69, 9.17) is 9.47 Å². The van der Waals surface area contributed by atoms with E-state index in [0.717, 1.165) is 37.2 Å². The van der Waals surface area contributed by atoms with Crippen LogP contribution in [0.3, 0.4) is 0 Å². The second-order valence-corrected chi connectivity index (χ2v) is 5.92. The maximum Gasteiger partial charge on any atom is 0.174 e. The molecule has 0 saturated heterocycles. The molecule has 2 heterocycles. The van der Waals surface area contributed by atoms with E-state index >= 15 is 0 Å². The van der Waals surface area contributed by atoms with Crippen molar-refractivity contribution in [3.05, 3.63) is 35.4 Å². The van der Waals surface area contributed by atoms with Gasteiger partial charge in [0.15, 0.2) is 17.3 Å². The smallest absolute Gasteiger partial charge is 0.174 e. The number of aromatic nitrogens is 3. The number of aryl methyl sites for hydroxylation is 1. The minimum atomic E-state index is 0.506. The van der Waals surface area contributed by atoms with Crippen molar-refractivity contribution in [1.29, 1.82) is 5.26 Å². The largest absolute Gasteiger partial charge is 0.493 e. The van der Waals surface area contributed by atoms with E-state index in [2.05, 4.69) is 20.8 Å². The first kappa shape index (κ1) is 17.0. The molecule has 0 atom stereocenters. The number of nitriles is 1. The summed E-state index contributed by atoms with van der Waals surface area (Å²) in [6, 6.07) is 7.89. The van der Waals surface area contributed by atoms with Crippen molar-refractivity contribution in [2.24, 2.45) is 0 Å². The number of rotatable bonds is 5. The van der Waals surface area contributed by atoms with Gasteiger partial charge < -0.3 is 14.0 Å². The molecule has 130 valence electrons. The van der Waals surface area contributed by atoms with Crippen LogP contribution < -0.4 is 9.47 Å². The molecule has 0 spiro atoms. The molecule has 1 aromatic carbocycles.